The average Bonchev–Trinajstić information content (AvgIpc) is 2.30. The lowest BCUT2D eigenvalue weighted by Gasteiger charge is -2.36. The highest BCUT2D eigenvalue weighted by atomic mass is 35.5. The van der Waals surface area contributed by atoms with Gasteiger partial charge in [-0.3, -0.25) is 4.79 Å². The molecule has 2 nitrogen and oxygen atoms in total. The van der Waals surface area contributed by atoms with E-state index >= 15 is 0 Å². The van der Waals surface area contributed by atoms with Gasteiger partial charge in [0.05, 0.1) is 6.04 Å². The Kier molecular flexibility index (Phi) is 4.98. The second kappa shape index (κ2) is 6.02. The van der Waals surface area contributed by atoms with Crippen LogP contribution in [0.3, 0.4) is 0 Å². The number of halogens is 1. The highest BCUT2D eigenvalue weighted by molar-refractivity contribution is 6.27. The Morgan fingerprint density at radius 1 is 1.53 bits per heavy atom. The first-order chi connectivity index (χ1) is 7.20. The van der Waals surface area contributed by atoms with Crippen LogP contribution in [0.5, 0.6) is 0 Å². The first-order valence-corrected chi connectivity index (χ1v) is 6.07. The number of terminal acetylenes is 1. The van der Waals surface area contributed by atoms with Gasteiger partial charge in [-0.15, -0.1) is 18.0 Å². The van der Waals surface area contributed by atoms with Gasteiger partial charge in [0, 0.05) is 6.04 Å². The molecule has 3 heteroatoms. The van der Waals surface area contributed by atoms with Crippen LogP contribution < -0.4 is 0 Å². The summed E-state index contributed by atoms with van der Waals surface area (Å²) in [6.45, 7) is 1.89. The number of carbonyl (C=O) groups excluding carboxylic acids is 1. The maximum Gasteiger partial charge on any atom is 0.238 e. The van der Waals surface area contributed by atoms with Crippen molar-refractivity contribution in [2.45, 2.75) is 51.1 Å². The van der Waals surface area contributed by atoms with E-state index in [0.717, 1.165) is 12.8 Å². The van der Waals surface area contributed by atoms with Gasteiger partial charge in [-0.25, -0.2) is 0 Å². The molecule has 0 aliphatic heterocycles. The van der Waals surface area contributed by atoms with E-state index in [9.17, 15) is 4.79 Å². The lowest BCUT2D eigenvalue weighted by Crippen LogP contribution is -2.47. The van der Waals surface area contributed by atoms with Gasteiger partial charge in [-0.05, 0) is 19.8 Å². The van der Waals surface area contributed by atoms with Crippen LogP contribution in [0.4, 0.5) is 0 Å². The summed E-state index contributed by atoms with van der Waals surface area (Å²) in [5, 5.41) is 0. The van der Waals surface area contributed by atoms with E-state index < -0.39 is 0 Å². The Bertz CT molecular complexity index is 253. The molecule has 0 aromatic rings. The number of rotatable bonds is 3. The summed E-state index contributed by atoms with van der Waals surface area (Å²) in [6.07, 6.45) is 11.2. The Labute approximate surface area is 97.0 Å². The van der Waals surface area contributed by atoms with Crippen LogP contribution in [0.1, 0.15) is 39.0 Å². The van der Waals surface area contributed by atoms with E-state index in [-0.39, 0.29) is 17.8 Å². The molecule has 0 radical (unpaired) electrons. The number of amides is 1. The Hall–Kier alpha value is -0.680. The van der Waals surface area contributed by atoms with Crippen LogP contribution in [-0.4, -0.2) is 28.8 Å². The molecule has 1 fully saturated rings. The molecule has 1 unspecified atom stereocenters. The van der Waals surface area contributed by atoms with Gasteiger partial charge in [0.2, 0.25) is 5.91 Å². The van der Waals surface area contributed by atoms with Gasteiger partial charge < -0.3 is 4.90 Å². The van der Waals surface area contributed by atoms with Crippen LogP contribution in [0.25, 0.3) is 0 Å². The van der Waals surface area contributed by atoms with Crippen molar-refractivity contribution in [2.24, 2.45) is 0 Å². The zero-order valence-electron chi connectivity index (χ0n) is 9.21. The molecule has 1 aliphatic rings. The second-order valence-corrected chi connectivity index (χ2v) is 4.34. The van der Waals surface area contributed by atoms with Crippen molar-refractivity contribution < 1.29 is 4.79 Å². The molecule has 0 aromatic heterocycles. The third kappa shape index (κ3) is 3.14. The van der Waals surface area contributed by atoms with Crippen molar-refractivity contribution in [1.82, 2.24) is 4.90 Å². The number of carbonyl (C=O) groups is 1. The largest absolute Gasteiger partial charge is 0.325 e. The highest BCUT2D eigenvalue weighted by Crippen LogP contribution is 2.24. The predicted octanol–water partition coefficient (Wildman–Crippen LogP) is 2.41. The molecular formula is C12H18ClNO. The molecule has 0 bridgehead atoms. The van der Waals surface area contributed by atoms with Crippen molar-refractivity contribution in [3.05, 3.63) is 0 Å². The summed E-state index contributed by atoms with van der Waals surface area (Å²) in [4.78, 5) is 13.5. The third-order valence-corrected chi connectivity index (χ3v) is 3.26. The van der Waals surface area contributed by atoms with Crippen molar-refractivity contribution in [2.75, 3.05) is 5.88 Å². The summed E-state index contributed by atoms with van der Waals surface area (Å²) in [7, 11) is 0. The molecule has 1 saturated carbocycles. The van der Waals surface area contributed by atoms with Crippen LogP contribution in [0.15, 0.2) is 0 Å². The number of nitrogens with zero attached hydrogens (tertiary/aromatic N) is 1. The Balaban J connectivity index is 2.70. The zero-order valence-corrected chi connectivity index (χ0v) is 9.96. The Morgan fingerprint density at radius 2 is 2.13 bits per heavy atom. The van der Waals surface area contributed by atoms with Crippen molar-refractivity contribution >= 4 is 17.5 Å². The fraction of sp³-hybridized carbons (Fsp3) is 0.750. The van der Waals surface area contributed by atoms with Crippen molar-refractivity contribution in [3.8, 4) is 12.3 Å². The number of hydrogen-bond acceptors (Lipinski definition) is 1. The topological polar surface area (TPSA) is 20.3 Å². The monoisotopic (exact) mass is 227 g/mol. The maximum atomic E-state index is 11.7. The standard InChI is InChI=1S/C12H18ClNO/c1-3-10(2)14(12(15)9-13)11-7-5-4-6-8-11/h1,10-11H,4-9H2,2H3. The summed E-state index contributed by atoms with van der Waals surface area (Å²) < 4.78 is 0. The van der Waals surface area contributed by atoms with Gasteiger partial charge in [-0.2, -0.15) is 0 Å². The van der Waals surface area contributed by atoms with E-state index in [1.165, 1.54) is 19.3 Å². The molecule has 1 atom stereocenters. The summed E-state index contributed by atoms with van der Waals surface area (Å²) in [5.74, 6) is 2.62. The molecular weight excluding hydrogens is 210 g/mol. The van der Waals surface area contributed by atoms with Crippen LogP contribution >= 0.6 is 11.6 Å². The minimum absolute atomic E-state index is 0.0303. The molecule has 1 aliphatic carbocycles. The van der Waals surface area contributed by atoms with Crippen molar-refractivity contribution in [3.63, 3.8) is 0 Å². The summed E-state index contributed by atoms with van der Waals surface area (Å²) in [5.41, 5.74) is 0. The molecule has 0 saturated heterocycles. The van der Waals surface area contributed by atoms with Gasteiger partial charge >= 0.3 is 0 Å². The molecule has 0 aromatic carbocycles. The minimum atomic E-state index is -0.139. The van der Waals surface area contributed by atoms with Gasteiger partial charge in [0.25, 0.3) is 0 Å². The molecule has 15 heavy (non-hydrogen) atoms. The first kappa shape index (κ1) is 12.4. The normalized spacial score (nSPS) is 19.3. The second-order valence-electron chi connectivity index (χ2n) is 4.07. The van der Waals surface area contributed by atoms with E-state index in [0.29, 0.717) is 6.04 Å². The molecule has 0 spiro atoms. The Morgan fingerprint density at radius 3 is 2.60 bits per heavy atom. The van der Waals surface area contributed by atoms with Crippen LogP contribution in [-0.2, 0) is 4.79 Å². The molecule has 1 amide bonds. The van der Waals surface area contributed by atoms with E-state index in [2.05, 4.69) is 5.92 Å². The zero-order chi connectivity index (χ0) is 11.3. The lowest BCUT2D eigenvalue weighted by molar-refractivity contribution is -0.132. The SMILES string of the molecule is C#CC(C)N(C(=O)CCl)C1CCCCC1. The van der Waals surface area contributed by atoms with Gasteiger partial charge in [0.15, 0.2) is 0 Å². The third-order valence-electron chi connectivity index (χ3n) is 3.03. The quantitative estimate of drug-likeness (QED) is 0.536. The van der Waals surface area contributed by atoms with Gasteiger partial charge in [-0.1, -0.05) is 25.2 Å². The number of alkyl halides is 1. The van der Waals surface area contributed by atoms with Crippen LogP contribution in [0, 0.1) is 12.3 Å². The summed E-state index contributed by atoms with van der Waals surface area (Å²) >= 11 is 5.61. The maximum absolute atomic E-state index is 11.7. The average molecular weight is 228 g/mol. The predicted molar refractivity (Wildman–Crippen MR) is 62.7 cm³/mol. The molecule has 1 rings (SSSR count). The van der Waals surface area contributed by atoms with E-state index in [1.807, 2.05) is 6.92 Å². The summed E-state index contributed by atoms with van der Waals surface area (Å²) in [6, 6.07) is 0.162. The first-order valence-electron chi connectivity index (χ1n) is 5.54. The fourth-order valence-electron chi connectivity index (χ4n) is 2.24. The smallest absolute Gasteiger partial charge is 0.238 e. The molecule has 84 valence electrons. The lowest BCUT2D eigenvalue weighted by atomic mass is 9.93. The molecule has 0 N–H and O–H groups in total. The number of hydrogen-bond donors (Lipinski definition) is 0. The van der Waals surface area contributed by atoms with E-state index in [4.69, 9.17) is 18.0 Å². The minimum Gasteiger partial charge on any atom is -0.325 e. The van der Waals surface area contributed by atoms with E-state index in [1.54, 1.807) is 4.90 Å². The van der Waals surface area contributed by atoms with Crippen LogP contribution in [0.2, 0.25) is 0 Å². The highest BCUT2D eigenvalue weighted by Gasteiger charge is 2.27. The molecule has 0 heterocycles. The van der Waals surface area contributed by atoms with Gasteiger partial charge in [0.1, 0.15) is 5.88 Å². The fourth-order valence-corrected chi connectivity index (χ4v) is 2.38. The van der Waals surface area contributed by atoms with Crippen molar-refractivity contribution in [1.29, 1.82) is 0 Å².